The highest BCUT2D eigenvalue weighted by atomic mass is 79.9. The highest BCUT2D eigenvalue weighted by Crippen LogP contribution is 2.28. The van der Waals surface area contributed by atoms with Crippen LogP contribution >= 0.6 is 15.9 Å². The third kappa shape index (κ3) is 3.29. The quantitative estimate of drug-likeness (QED) is 0.611. The van der Waals surface area contributed by atoms with Crippen molar-refractivity contribution in [2.75, 3.05) is 0 Å². The first-order chi connectivity index (χ1) is 10.8. The number of fused-ring (bicyclic) bond motifs is 1. The van der Waals surface area contributed by atoms with Crippen molar-refractivity contribution in [3.8, 4) is 11.3 Å². The highest BCUT2D eigenvalue weighted by Gasteiger charge is 2.25. The highest BCUT2D eigenvalue weighted by molar-refractivity contribution is 9.10. The van der Waals surface area contributed by atoms with E-state index in [0.717, 1.165) is 10.0 Å². The molecular formula is C18H17BrN2O2. The summed E-state index contributed by atoms with van der Waals surface area (Å²) in [4.78, 5) is 17.3. The van der Waals surface area contributed by atoms with E-state index in [9.17, 15) is 4.79 Å². The van der Waals surface area contributed by atoms with E-state index in [4.69, 9.17) is 4.74 Å². The van der Waals surface area contributed by atoms with Crippen molar-refractivity contribution in [1.29, 1.82) is 0 Å². The van der Waals surface area contributed by atoms with Gasteiger partial charge >= 0.3 is 5.97 Å². The topological polar surface area (TPSA) is 43.6 Å². The lowest BCUT2D eigenvalue weighted by Gasteiger charge is -2.19. The fourth-order valence-corrected chi connectivity index (χ4v) is 2.75. The molecule has 0 radical (unpaired) electrons. The molecule has 0 spiro atoms. The molecule has 2 heterocycles. The summed E-state index contributed by atoms with van der Waals surface area (Å²) in [5.74, 6) is -0.383. The van der Waals surface area contributed by atoms with Crippen molar-refractivity contribution in [3.05, 3.63) is 58.8 Å². The Morgan fingerprint density at radius 3 is 2.65 bits per heavy atom. The Balaban J connectivity index is 2.21. The minimum Gasteiger partial charge on any atom is -0.455 e. The van der Waals surface area contributed by atoms with Gasteiger partial charge < -0.3 is 4.74 Å². The molecule has 4 nitrogen and oxygen atoms in total. The van der Waals surface area contributed by atoms with E-state index in [-0.39, 0.29) is 5.97 Å². The Morgan fingerprint density at radius 1 is 1.17 bits per heavy atom. The number of imidazole rings is 1. The van der Waals surface area contributed by atoms with Crippen LogP contribution in [-0.4, -0.2) is 21.0 Å². The number of esters is 1. The molecule has 0 bridgehead atoms. The number of nitrogens with zero attached hydrogens (tertiary/aromatic N) is 2. The molecule has 0 saturated heterocycles. The number of carbonyl (C=O) groups is 1. The second kappa shape index (κ2) is 5.81. The molecule has 0 unspecified atom stereocenters. The van der Waals surface area contributed by atoms with Gasteiger partial charge in [-0.3, -0.25) is 4.40 Å². The van der Waals surface area contributed by atoms with Crippen molar-refractivity contribution in [2.45, 2.75) is 26.4 Å². The molecule has 0 aliphatic heterocycles. The molecule has 1 aromatic carbocycles. The number of pyridine rings is 1. The monoisotopic (exact) mass is 372 g/mol. The minimum atomic E-state index is -0.565. The Morgan fingerprint density at radius 2 is 1.96 bits per heavy atom. The second-order valence-electron chi connectivity index (χ2n) is 6.25. The van der Waals surface area contributed by atoms with E-state index < -0.39 is 5.60 Å². The fourth-order valence-electron chi connectivity index (χ4n) is 2.35. The Kier molecular flexibility index (Phi) is 3.98. The van der Waals surface area contributed by atoms with E-state index in [1.54, 1.807) is 4.40 Å². The normalized spacial score (nSPS) is 11.7. The predicted molar refractivity (Wildman–Crippen MR) is 93.5 cm³/mol. The summed E-state index contributed by atoms with van der Waals surface area (Å²) < 4.78 is 8.27. The van der Waals surface area contributed by atoms with Crippen LogP contribution in [0.25, 0.3) is 16.9 Å². The van der Waals surface area contributed by atoms with E-state index in [1.807, 2.05) is 69.4 Å². The van der Waals surface area contributed by atoms with Crippen LogP contribution < -0.4 is 0 Å². The van der Waals surface area contributed by atoms with E-state index >= 15 is 0 Å². The summed E-state index contributed by atoms with van der Waals surface area (Å²) in [7, 11) is 0. The average molecular weight is 373 g/mol. The van der Waals surface area contributed by atoms with Crippen molar-refractivity contribution in [3.63, 3.8) is 0 Å². The molecular weight excluding hydrogens is 356 g/mol. The van der Waals surface area contributed by atoms with Gasteiger partial charge in [0.1, 0.15) is 16.9 Å². The SMILES string of the molecule is CC(C)(C)OC(=O)c1c(-c2cccc(Br)c2)nc2ccccn12. The summed E-state index contributed by atoms with van der Waals surface area (Å²) in [6, 6.07) is 13.4. The molecule has 0 atom stereocenters. The van der Waals surface area contributed by atoms with Crippen LogP contribution in [0.15, 0.2) is 53.1 Å². The fraction of sp³-hybridized carbons (Fsp3) is 0.222. The van der Waals surface area contributed by atoms with Gasteiger partial charge in [0, 0.05) is 16.2 Å². The number of aromatic nitrogens is 2. The first kappa shape index (κ1) is 15.7. The van der Waals surface area contributed by atoms with Gasteiger partial charge in [-0.05, 0) is 45.0 Å². The molecule has 3 rings (SSSR count). The van der Waals surface area contributed by atoms with Crippen LogP contribution in [0.1, 0.15) is 31.3 Å². The first-order valence-electron chi connectivity index (χ1n) is 7.31. The molecule has 0 saturated carbocycles. The van der Waals surface area contributed by atoms with Crippen molar-refractivity contribution in [2.24, 2.45) is 0 Å². The standard InChI is InChI=1S/C18H17BrN2O2/c1-18(2,3)23-17(22)16-15(12-7-6-8-13(19)11-12)20-14-9-4-5-10-21(14)16/h4-11H,1-3H3. The Labute approximate surface area is 143 Å². The molecule has 0 fully saturated rings. The Hall–Kier alpha value is -2.14. The molecule has 0 aliphatic carbocycles. The number of ether oxygens (including phenoxy) is 1. The molecule has 2 aromatic heterocycles. The lowest BCUT2D eigenvalue weighted by molar-refractivity contribution is 0.00627. The van der Waals surface area contributed by atoms with Crippen LogP contribution in [0.4, 0.5) is 0 Å². The zero-order valence-electron chi connectivity index (χ0n) is 13.2. The number of halogens is 1. The summed E-state index contributed by atoms with van der Waals surface area (Å²) >= 11 is 3.46. The lowest BCUT2D eigenvalue weighted by Crippen LogP contribution is -2.25. The summed E-state index contributed by atoms with van der Waals surface area (Å²) in [5.41, 5.74) is 2.07. The molecule has 0 N–H and O–H groups in total. The molecule has 5 heteroatoms. The maximum Gasteiger partial charge on any atom is 0.358 e. The largest absolute Gasteiger partial charge is 0.455 e. The third-order valence-electron chi connectivity index (χ3n) is 3.22. The number of benzene rings is 1. The van der Waals surface area contributed by atoms with Gasteiger partial charge in [0.2, 0.25) is 0 Å². The minimum absolute atomic E-state index is 0.383. The van der Waals surface area contributed by atoms with Crippen molar-refractivity contribution >= 4 is 27.5 Å². The number of hydrogen-bond acceptors (Lipinski definition) is 3. The number of carbonyl (C=O) groups excluding carboxylic acids is 1. The van der Waals surface area contributed by atoms with Crippen LogP contribution in [0.2, 0.25) is 0 Å². The smallest absolute Gasteiger partial charge is 0.358 e. The van der Waals surface area contributed by atoms with Gasteiger partial charge in [0.15, 0.2) is 5.69 Å². The van der Waals surface area contributed by atoms with Gasteiger partial charge in [-0.2, -0.15) is 0 Å². The van der Waals surface area contributed by atoms with Gasteiger partial charge in [-0.25, -0.2) is 9.78 Å². The van der Waals surface area contributed by atoms with Gasteiger partial charge in [-0.1, -0.05) is 34.1 Å². The maximum atomic E-state index is 12.7. The first-order valence-corrected chi connectivity index (χ1v) is 8.11. The summed E-state index contributed by atoms with van der Waals surface area (Å²) in [5, 5.41) is 0. The van der Waals surface area contributed by atoms with Crippen LogP contribution in [-0.2, 0) is 4.74 Å². The zero-order chi connectivity index (χ0) is 16.6. The molecule has 0 amide bonds. The van der Waals surface area contributed by atoms with E-state index in [0.29, 0.717) is 17.0 Å². The van der Waals surface area contributed by atoms with Crippen molar-refractivity contribution < 1.29 is 9.53 Å². The molecule has 118 valence electrons. The van der Waals surface area contributed by atoms with E-state index in [2.05, 4.69) is 20.9 Å². The molecule has 23 heavy (non-hydrogen) atoms. The van der Waals surface area contributed by atoms with Crippen molar-refractivity contribution in [1.82, 2.24) is 9.38 Å². The average Bonchev–Trinajstić information content (AvgIpc) is 2.85. The summed E-state index contributed by atoms with van der Waals surface area (Å²) in [6.45, 7) is 5.56. The Bertz CT molecular complexity index is 878. The summed E-state index contributed by atoms with van der Waals surface area (Å²) in [6.07, 6.45) is 1.82. The van der Waals surface area contributed by atoms with Gasteiger partial charge in [0.05, 0.1) is 0 Å². The zero-order valence-corrected chi connectivity index (χ0v) is 14.8. The lowest BCUT2D eigenvalue weighted by atomic mass is 10.1. The number of hydrogen-bond donors (Lipinski definition) is 0. The van der Waals surface area contributed by atoms with E-state index in [1.165, 1.54) is 0 Å². The maximum absolute atomic E-state index is 12.7. The molecule has 3 aromatic rings. The van der Waals surface area contributed by atoms with Crippen LogP contribution in [0.5, 0.6) is 0 Å². The molecule has 0 aliphatic rings. The van der Waals surface area contributed by atoms with Gasteiger partial charge in [-0.15, -0.1) is 0 Å². The number of rotatable bonds is 2. The second-order valence-corrected chi connectivity index (χ2v) is 7.17. The van der Waals surface area contributed by atoms with Crippen LogP contribution in [0.3, 0.4) is 0 Å². The third-order valence-corrected chi connectivity index (χ3v) is 3.71. The van der Waals surface area contributed by atoms with Crippen LogP contribution in [0, 0.1) is 0 Å². The van der Waals surface area contributed by atoms with Gasteiger partial charge in [0.25, 0.3) is 0 Å². The predicted octanol–water partition coefficient (Wildman–Crippen LogP) is 4.72.